The molecule has 0 bridgehead atoms. The maximum Gasteiger partial charge on any atom is 0.123 e. The molecule has 0 aliphatic carbocycles. The molecule has 0 fully saturated rings. The number of halogens is 1. The Bertz CT molecular complexity index is 508. The van der Waals surface area contributed by atoms with Crippen molar-refractivity contribution in [3.05, 3.63) is 51.2 Å². The van der Waals surface area contributed by atoms with Crippen LogP contribution in [0.15, 0.2) is 23.6 Å². The third-order valence-corrected chi connectivity index (χ3v) is 3.42. The number of rotatable bonds is 4. The van der Waals surface area contributed by atoms with Gasteiger partial charge in [-0.15, -0.1) is 11.3 Å². The first-order valence-corrected chi connectivity index (χ1v) is 6.40. The zero-order valence-corrected chi connectivity index (χ0v) is 10.8. The maximum absolute atomic E-state index is 12.9. The summed E-state index contributed by atoms with van der Waals surface area (Å²) in [6.45, 7) is 5.41. The number of hydrogen-bond donors (Lipinski definition) is 1. The predicted octanol–water partition coefficient (Wildman–Crippen LogP) is 3.19. The molecule has 4 heteroatoms. The van der Waals surface area contributed by atoms with Crippen molar-refractivity contribution in [1.82, 2.24) is 10.3 Å². The van der Waals surface area contributed by atoms with E-state index < -0.39 is 0 Å². The van der Waals surface area contributed by atoms with Gasteiger partial charge in [-0.1, -0.05) is 6.07 Å². The Hall–Kier alpha value is -1.26. The van der Waals surface area contributed by atoms with Crippen LogP contribution in [0.4, 0.5) is 4.39 Å². The van der Waals surface area contributed by atoms with Crippen LogP contribution in [0.3, 0.4) is 0 Å². The number of nitrogens with zero attached hydrogens (tertiary/aromatic N) is 1. The number of aryl methyl sites for hydroxylation is 2. The molecule has 0 amide bonds. The van der Waals surface area contributed by atoms with E-state index in [1.54, 1.807) is 17.4 Å². The maximum atomic E-state index is 12.9. The normalized spacial score (nSPS) is 10.8. The molecule has 0 aliphatic heterocycles. The predicted molar refractivity (Wildman–Crippen MR) is 68.5 cm³/mol. The van der Waals surface area contributed by atoms with E-state index in [1.165, 1.54) is 6.07 Å². The lowest BCUT2D eigenvalue weighted by Gasteiger charge is -2.06. The number of hydrogen-bond acceptors (Lipinski definition) is 3. The molecule has 2 nitrogen and oxygen atoms in total. The van der Waals surface area contributed by atoms with Crippen LogP contribution in [-0.2, 0) is 13.1 Å². The minimum Gasteiger partial charge on any atom is -0.307 e. The van der Waals surface area contributed by atoms with Gasteiger partial charge in [0.25, 0.3) is 0 Å². The summed E-state index contributed by atoms with van der Waals surface area (Å²) < 4.78 is 12.9. The monoisotopic (exact) mass is 250 g/mol. The van der Waals surface area contributed by atoms with Gasteiger partial charge in [0.1, 0.15) is 5.82 Å². The second-order valence-electron chi connectivity index (χ2n) is 4.03. The van der Waals surface area contributed by atoms with E-state index in [0.29, 0.717) is 0 Å². The van der Waals surface area contributed by atoms with Crippen LogP contribution >= 0.6 is 11.3 Å². The van der Waals surface area contributed by atoms with E-state index >= 15 is 0 Å². The van der Waals surface area contributed by atoms with Gasteiger partial charge in [-0.3, -0.25) is 0 Å². The Morgan fingerprint density at radius 3 is 2.76 bits per heavy atom. The molecule has 1 aromatic heterocycles. The summed E-state index contributed by atoms with van der Waals surface area (Å²) in [5.41, 5.74) is 3.16. The topological polar surface area (TPSA) is 24.9 Å². The molecule has 2 aromatic rings. The lowest BCUT2D eigenvalue weighted by atomic mass is 10.1. The van der Waals surface area contributed by atoms with Crippen LogP contribution < -0.4 is 5.32 Å². The quantitative estimate of drug-likeness (QED) is 0.901. The van der Waals surface area contributed by atoms with Gasteiger partial charge in [-0.2, -0.15) is 0 Å². The van der Waals surface area contributed by atoms with Crippen molar-refractivity contribution in [3.8, 4) is 0 Å². The van der Waals surface area contributed by atoms with Crippen molar-refractivity contribution < 1.29 is 4.39 Å². The lowest BCUT2D eigenvalue weighted by Crippen LogP contribution is -2.13. The number of nitrogens with one attached hydrogen (secondary N) is 1. The van der Waals surface area contributed by atoms with Crippen molar-refractivity contribution in [2.75, 3.05) is 0 Å². The summed E-state index contributed by atoms with van der Waals surface area (Å²) in [4.78, 5) is 4.37. The highest BCUT2D eigenvalue weighted by Gasteiger charge is 2.01. The molecule has 2 rings (SSSR count). The van der Waals surface area contributed by atoms with Crippen molar-refractivity contribution in [1.29, 1.82) is 0 Å². The molecule has 90 valence electrons. The standard InChI is InChI=1S/C13H15FN2S/c1-9-5-12(14)4-3-11(9)6-15-7-13-8-17-10(2)16-13/h3-5,8,15H,6-7H2,1-2H3. The molecule has 0 unspecified atom stereocenters. The van der Waals surface area contributed by atoms with Crippen LogP contribution in [0.25, 0.3) is 0 Å². The highest BCUT2D eigenvalue weighted by Crippen LogP contribution is 2.11. The minimum atomic E-state index is -0.179. The summed E-state index contributed by atoms with van der Waals surface area (Å²) >= 11 is 1.66. The third kappa shape index (κ3) is 3.35. The average Bonchev–Trinajstić information content (AvgIpc) is 2.68. The van der Waals surface area contributed by atoms with Crippen LogP contribution in [0, 0.1) is 19.7 Å². The molecule has 17 heavy (non-hydrogen) atoms. The van der Waals surface area contributed by atoms with E-state index in [1.807, 2.05) is 19.9 Å². The smallest absolute Gasteiger partial charge is 0.123 e. The fourth-order valence-corrected chi connectivity index (χ4v) is 2.28. The highest BCUT2D eigenvalue weighted by molar-refractivity contribution is 7.09. The van der Waals surface area contributed by atoms with Gasteiger partial charge < -0.3 is 5.32 Å². The Labute approximate surface area is 105 Å². The summed E-state index contributed by atoms with van der Waals surface area (Å²) in [5, 5.41) is 6.45. The molecule has 0 saturated carbocycles. The van der Waals surface area contributed by atoms with Crippen LogP contribution in [0.1, 0.15) is 21.8 Å². The largest absolute Gasteiger partial charge is 0.307 e. The molecular formula is C13H15FN2S. The fraction of sp³-hybridized carbons (Fsp3) is 0.308. The van der Waals surface area contributed by atoms with E-state index in [0.717, 1.165) is 34.9 Å². The summed E-state index contributed by atoms with van der Waals surface area (Å²) in [7, 11) is 0. The zero-order valence-electron chi connectivity index (χ0n) is 9.96. The van der Waals surface area contributed by atoms with Crippen molar-refractivity contribution in [3.63, 3.8) is 0 Å². The summed E-state index contributed by atoms with van der Waals surface area (Å²) in [6.07, 6.45) is 0. The van der Waals surface area contributed by atoms with Gasteiger partial charge >= 0.3 is 0 Å². The second kappa shape index (κ2) is 5.38. The van der Waals surface area contributed by atoms with E-state index in [2.05, 4.69) is 15.7 Å². The molecule has 1 aromatic carbocycles. The molecule has 0 spiro atoms. The van der Waals surface area contributed by atoms with E-state index in [-0.39, 0.29) is 5.82 Å². The van der Waals surface area contributed by atoms with Crippen molar-refractivity contribution >= 4 is 11.3 Å². The molecule has 1 N–H and O–H groups in total. The Morgan fingerprint density at radius 2 is 2.12 bits per heavy atom. The molecular weight excluding hydrogens is 235 g/mol. The summed E-state index contributed by atoms with van der Waals surface area (Å²) in [6, 6.07) is 4.88. The highest BCUT2D eigenvalue weighted by atomic mass is 32.1. The lowest BCUT2D eigenvalue weighted by molar-refractivity contribution is 0.622. The average molecular weight is 250 g/mol. The van der Waals surface area contributed by atoms with E-state index in [9.17, 15) is 4.39 Å². The number of aromatic nitrogens is 1. The number of benzene rings is 1. The SMILES string of the molecule is Cc1nc(CNCc2ccc(F)cc2C)cs1. The minimum absolute atomic E-state index is 0.179. The first-order chi connectivity index (χ1) is 8.15. The van der Waals surface area contributed by atoms with Gasteiger partial charge in [-0.05, 0) is 37.1 Å². The molecule has 1 heterocycles. The molecule has 0 saturated heterocycles. The molecule has 0 aliphatic rings. The van der Waals surface area contributed by atoms with Gasteiger partial charge in [-0.25, -0.2) is 9.37 Å². The Kier molecular flexibility index (Phi) is 3.86. The fourth-order valence-electron chi connectivity index (χ4n) is 1.67. The van der Waals surface area contributed by atoms with Crippen molar-refractivity contribution in [2.24, 2.45) is 0 Å². The molecule has 0 atom stereocenters. The third-order valence-electron chi connectivity index (χ3n) is 2.59. The van der Waals surface area contributed by atoms with Gasteiger partial charge in [0.05, 0.1) is 10.7 Å². The van der Waals surface area contributed by atoms with Gasteiger partial charge in [0.15, 0.2) is 0 Å². The first kappa shape index (κ1) is 12.2. The second-order valence-corrected chi connectivity index (χ2v) is 5.09. The van der Waals surface area contributed by atoms with Crippen molar-refractivity contribution in [2.45, 2.75) is 26.9 Å². The molecule has 0 radical (unpaired) electrons. The Morgan fingerprint density at radius 1 is 1.29 bits per heavy atom. The van der Waals surface area contributed by atoms with Crippen LogP contribution in [0.5, 0.6) is 0 Å². The van der Waals surface area contributed by atoms with Crippen LogP contribution in [0.2, 0.25) is 0 Å². The first-order valence-electron chi connectivity index (χ1n) is 5.52. The van der Waals surface area contributed by atoms with Crippen LogP contribution in [-0.4, -0.2) is 4.98 Å². The van der Waals surface area contributed by atoms with E-state index in [4.69, 9.17) is 0 Å². The van der Waals surface area contributed by atoms with Gasteiger partial charge in [0, 0.05) is 18.5 Å². The zero-order chi connectivity index (χ0) is 12.3. The van der Waals surface area contributed by atoms with Gasteiger partial charge in [0.2, 0.25) is 0 Å². The number of thiazole rings is 1. The Balaban J connectivity index is 1.90. The summed E-state index contributed by atoms with van der Waals surface area (Å²) in [5.74, 6) is -0.179.